The van der Waals surface area contributed by atoms with E-state index in [0.29, 0.717) is 27.7 Å². The minimum absolute atomic E-state index is 0.0851. The molecular weight excluding hydrogens is 248 g/mol. The minimum Gasteiger partial charge on any atom is -0.477 e. The molecule has 0 unspecified atom stereocenters. The monoisotopic (exact) mass is 260 g/mol. The highest BCUT2D eigenvalue weighted by Crippen LogP contribution is 2.26. The predicted octanol–water partition coefficient (Wildman–Crippen LogP) is 2.60. The average Bonchev–Trinajstić information content (AvgIpc) is 2.66. The molecule has 6 heteroatoms. The fraction of sp³-hybridized carbons (Fsp3) is 0.154. The van der Waals surface area contributed by atoms with Crippen LogP contribution in [0.5, 0.6) is 0 Å². The summed E-state index contributed by atoms with van der Waals surface area (Å²) in [6, 6.07) is 1.51. The van der Waals surface area contributed by atoms with Crippen LogP contribution in [0.25, 0.3) is 16.6 Å². The lowest BCUT2D eigenvalue weighted by molar-refractivity contribution is 0.0690. The summed E-state index contributed by atoms with van der Waals surface area (Å²) in [5.74, 6) is -1.14. The van der Waals surface area contributed by atoms with Crippen molar-refractivity contribution in [3.05, 3.63) is 35.7 Å². The number of hydrogen-bond donors (Lipinski definition) is 2. The lowest BCUT2D eigenvalue weighted by Gasteiger charge is -2.03. The Kier molecular flexibility index (Phi) is 2.86. The number of fused-ring (bicyclic) bond motifs is 1. The third-order valence-corrected chi connectivity index (χ3v) is 2.83. The Morgan fingerprint density at radius 1 is 1.37 bits per heavy atom. The molecule has 0 fully saturated rings. The zero-order valence-electron chi connectivity index (χ0n) is 10.5. The first-order valence-corrected chi connectivity index (χ1v) is 5.48. The Morgan fingerprint density at radius 3 is 2.47 bits per heavy atom. The summed E-state index contributed by atoms with van der Waals surface area (Å²) >= 11 is 0. The number of aryl methyl sites for hydroxylation is 1. The topological polar surface area (TPSA) is 92.4 Å². The number of aromatic nitrogens is 2. The van der Waals surface area contributed by atoms with Gasteiger partial charge in [-0.05, 0) is 31.1 Å². The summed E-state index contributed by atoms with van der Waals surface area (Å²) in [6.45, 7) is 7.04. The zero-order valence-corrected chi connectivity index (χ0v) is 10.5. The van der Waals surface area contributed by atoms with E-state index in [0.717, 1.165) is 4.57 Å². The summed E-state index contributed by atoms with van der Waals surface area (Å²) < 4.78 is 1.02. The molecule has 98 valence electrons. The molecule has 0 aromatic carbocycles. The molecule has 19 heavy (non-hydrogen) atoms. The SMILES string of the molecule is C=C(C)c1cn(C(=O)O)c2cc(C)c(C(=O)O)nc12. The largest absolute Gasteiger partial charge is 0.477 e. The molecule has 2 aromatic rings. The molecule has 0 aliphatic rings. The van der Waals surface area contributed by atoms with Crippen LogP contribution < -0.4 is 0 Å². The second-order valence-electron chi connectivity index (χ2n) is 4.30. The summed E-state index contributed by atoms with van der Waals surface area (Å²) in [5.41, 5.74) is 2.16. The maximum Gasteiger partial charge on any atom is 0.416 e. The Morgan fingerprint density at radius 2 is 2.00 bits per heavy atom. The molecule has 0 bridgehead atoms. The predicted molar refractivity (Wildman–Crippen MR) is 69.6 cm³/mol. The Bertz CT molecular complexity index is 728. The van der Waals surface area contributed by atoms with Gasteiger partial charge in [0.1, 0.15) is 0 Å². The summed E-state index contributed by atoms with van der Waals surface area (Å²) in [6.07, 6.45) is 0.245. The van der Waals surface area contributed by atoms with E-state index in [9.17, 15) is 9.59 Å². The number of allylic oxidation sites excluding steroid dienone is 1. The van der Waals surface area contributed by atoms with E-state index in [1.54, 1.807) is 13.8 Å². The number of carboxylic acid groups (broad SMARTS) is 2. The Labute approximate surface area is 108 Å². The first-order chi connectivity index (χ1) is 8.82. The third-order valence-electron chi connectivity index (χ3n) is 2.83. The van der Waals surface area contributed by atoms with Gasteiger partial charge in [-0.3, -0.25) is 4.57 Å². The van der Waals surface area contributed by atoms with Crippen molar-refractivity contribution in [2.75, 3.05) is 0 Å². The van der Waals surface area contributed by atoms with Crippen LogP contribution in [-0.4, -0.2) is 31.8 Å². The van der Waals surface area contributed by atoms with Gasteiger partial charge in [0, 0.05) is 11.8 Å². The van der Waals surface area contributed by atoms with Crippen molar-refractivity contribution in [3.8, 4) is 0 Å². The summed E-state index contributed by atoms with van der Waals surface area (Å²) in [5, 5.41) is 18.2. The van der Waals surface area contributed by atoms with E-state index in [4.69, 9.17) is 10.2 Å². The van der Waals surface area contributed by atoms with Crippen LogP contribution >= 0.6 is 0 Å². The number of hydrogen-bond acceptors (Lipinski definition) is 3. The van der Waals surface area contributed by atoms with Gasteiger partial charge >= 0.3 is 12.1 Å². The van der Waals surface area contributed by atoms with Gasteiger partial charge in [-0.15, -0.1) is 0 Å². The van der Waals surface area contributed by atoms with Gasteiger partial charge in [-0.2, -0.15) is 0 Å². The minimum atomic E-state index is -1.15. The highest BCUT2D eigenvalue weighted by atomic mass is 16.4. The van der Waals surface area contributed by atoms with E-state index in [2.05, 4.69) is 11.6 Å². The van der Waals surface area contributed by atoms with E-state index in [1.807, 2.05) is 0 Å². The van der Waals surface area contributed by atoms with Gasteiger partial charge in [0.05, 0.1) is 11.0 Å². The van der Waals surface area contributed by atoms with Crippen molar-refractivity contribution in [3.63, 3.8) is 0 Å². The van der Waals surface area contributed by atoms with Crippen molar-refractivity contribution in [2.24, 2.45) is 0 Å². The molecule has 0 saturated carbocycles. The van der Waals surface area contributed by atoms with Gasteiger partial charge in [0.25, 0.3) is 0 Å². The van der Waals surface area contributed by atoms with E-state index in [1.165, 1.54) is 12.3 Å². The van der Waals surface area contributed by atoms with Crippen molar-refractivity contribution < 1.29 is 19.8 Å². The molecule has 0 saturated heterocycles. The molecule has 0 aliphatic heterocycles. The maximum absolute atomic E-state index is 11.2. The van der Waals surface area contributed by atoms with Gasteiger partial charge in [0.15, 0.2) is 5.69 Å². The van der Waals surface area contributed by atoms with Crippen LogP contribution in [0, 0.1) is 6.92 Å². The number of carboxylic acids is 1. The average molecular weight is 260 g/mol. The van der Waals surface area contributed by atoms with E-state index in [-0.39, 0.29) is 5.69 Å². The number of nitrogens with zero attached hydrogens (tertiary/aromatic N) is 2. The van der Waals surface area contributed by atoms with Gasteiger partial charge in [-0.1, -0.05) is 6.58 Å². The molecule has 0 spiro atoms. The van der Waals surface area contributed by atoms with E-state index < -0.39 is 12.1 Å². The van der Waals surface area contributed by atoms with Gasteiger partial charge in [-0.25, -0.2) is 14.6 Å². The normalized spacial score (nSPS) is 10.6. The van der Waals surface area contributed by atoms with Crippen LogP contribution in [0.15, 0.2) is 18.8 Å². The molecule has 0 radical (unpaired) electrons. The molecular formula is C13H12N2O4. The van der Waals surface area contributed by atoms with Crippen molar-refractivity contribution >= 4 is 28.7 Å². The third kappa shape index (κ3) is 1.97. The second-order valence-corrected chi connectivity index (χ2v) is 4.30. The molecule has 0 atom stereocenters. The Hall–Kier alpha value is -2.63. The highest BCUT2D eigenvalue weighted by Gasteiger charge is 2.18. The molecule has 2 N–H and O–H groups in total. The van der Waals surface area contributed by atoms with Gasteiger partial charge < -0.3 is 10.2 Å². The second kappa shape index (κ2) is 4.24. The van der Waals surface area contributed by atoms with Gasteiger partial charge in [0.2, 0.25) is 0 Å². The fourth-order valence-electron chi connectivity index (χ4n) is 1.93. The van der Waals surface area contributed by atoms with Crippen LogP contribution in [0.4, 0.5) is 4.79 Å². The quantitative estimate of drug-likeness (QED) is 0.865. The molecule has 6 nitrogen and oxygen atoms in total. The van der Waals surface area contributed by atoms with Crippen LogP contribution in [-0.2, 0) is 0 Å². The lowest BCUT2D eigenvalue weighted by Crippen LogP contribution is -2.08. The standard InChI is InChI=1S/C13H12N2O4/c1-6(2)8-5-15(13(18)19)9-4-7(3)10(12(16)17)14-11(8)9/h4-5H,1H2,2-3H3,(H,16,17)(H,18,19). The maximum atomic E-state index is 11.2. The van der Waals surface area contributed by atoms with Crippen LogP contribution in [0.1, 0.15) is 28.5 Å². The fourth-order valence-corrected chi connectivity index (χ4v) is 1.93. The van der Waals surface area contributed by atoms with Crippen molar-refractivity contribution in [1.29, 1.82) is 0 Å². The number of pyridine rings is 1. The number of aromatic carboxylic acids is 1. The van der Waals surface area contributed by atoms with E-state index >= 15 is 0 Å². The molecule has 0 amide bonds. The first kappa shape index (κ1) is 12.8. The lowest BCUT2D eigenvalue weighted by atomic mass is 10.1. The molecule has 0 aliphatic carbocycles. The Balaban J connectivity index is 2.91. The number of rotatable bonds is 2. The zero-order chi connectivity index (χ0) is 14.3. The smallest absolute Gasteiger partial charge is 0.416 e. The summed E-state index contributed by atoms with van der Waals surface area (Å²) in [4.78, 5) is 26.3. The van der Waals surface area contributed by atoms with Crippen molar-refractivity contribution in [1.82, 2.24) is 9.55 Å². The summed E-state index contributed by atoms with van der Waals surface area (Å²) in [7, 11) is 0. The van der Waals surface area contributed by atoms with Crippen molar-refractivity contribution in [2.45, 2.75) is 13.8 Å². The number of carbonyl (C=O) groups is 2. The molecule has 2 aromatic heterocycles. The first-order valence-electron chi connectivity index (χ1n) is 5.48. The molecule has 2 heterocycles. The highest BCUT2D eigenvalue weighted by molar-refractivity contribution is 5.98. The van der Waals surface area contributed by atoms with Crippen LogP contribution in [0.2, 0.25) is 0 Å². The molecule has 2 rings (SSSR count). The van der Waals surface area contributed by atoms with Crippen LogP contribution in [0.3, 0.4) is 0 Å².